The third-order valence-corrected chi connectivity index (χ3v) is 14.0. The Morgan fingerprint density at radius 3 is 1.37 bits per heavy atom. The topological polar surface area (TPSA) is 77.5 Å². The molecule has 0 saturated carbocycles. The van der Waals surface area contributed by atoms with Crippen molar-refractivity contribution in [3.05, 3.63) is 267 Å². The normalized spacial score (nSPS) is 11.5. The van der Waals surface area contributed by atoms with Gasteiger partial charge in [-0.3, -0.25) is 14.5 Å². The molecule has 0 amide bonds. The smallest absolute Gasteiger partial charge is 0.238 e. The summed E-state index contributed by atoms with van der Waals surface area (Å²) < 4.78 is 4.60. The Hall–Kier alpha value is -10.3. The van der Waals surface area contributed by atoms with Gasteiger partial charge in [-0.05, 0) is 114 Å². The summed E-state index contributed by atoms with van der Waals surface area (Å²) in [7, 11) is 0. The first-order valence-electron chi connectivity index (χ1n) is 25.1. The van der Waals surface area contributed by atoms with Gasteiger partial charge in [0.1, 0.15) is 0 Å². The average Bonchev–Trinajstić information content (AvgIpc) is 3.99. The number of nitrogens with zero attached hydrogens (tertiary/aromatic N) is 8. The fraction of sp³-hybridized carbons (Fsp3) is 0. The van der Waals surface area contributed by atoms with Crippen LogP contribution in [0, 0.1) is 0 Å². The molecule has 352 valence electrons. The van der Waals surface area contributed by atoms with Gasteiger partial charge in [0.2, 0.25) is 5.95 Å². The van der Waals surface area contributed by atoms with Crippen molar-refractivity contribution in [3.8, 4) is 68.1 Å². The number of fused-ring (bicyclic) bond motifs is 6. The molecule has 5 aromatic heterocycles. The minimum Gasteiger partial charge on any atom is -0.310 e. The quantitative estimate of drug-likeness (QED) is 0.136. The number of aromatic nitrogens is 7. The van der Waals surface area contributed by atoms with Crippen molar-refractivity contribution in [2.75, 3.05) is 4.90 Å². The maximum absolute atomic E-state index is 5.29. The van der Waals surface area contributed by atoms with Gasteiger partial charge in [0, 0.05) is 78.9 Å². The van der Waals surface area contributed by atoms with Crippen LogP contribution in [-0.4, -0.2) is 34.1 Å². The first-order valence-corrected chi connectivity index (χ1v) is 25.1. The van der Waals surface area contributed by atoms with Crippen molar-refractivity contribution in [2.24, 2.45) is 0 Å². The molecule has 75 heavy (non-hydrogen) atoms. The molecule has 0 unspecified atom stereocenters. The predicted octanol–water partition coefficient (Wildman–Crippen LogP) is 16.7. The molecule has 9 aromatic carbocycles. The zero-order valence-electron chi connectivity index (χ0n) is 40.5. The molecule has 0 radical (unpaired) electrons. The van der Waals surface area contributed by atoms with E-state index in [-0.39, 0.29) is 0 Å². The molecule has 0 N–H and O–H groups in total. The van der Waals surface area contributed by atoms with Crippen molar-refractivity contribution in [2.45, 2.75) is 0 Å². The number of hydrogen-bond acceptors (Lipinski definition) is 6. The summed E-state index contributed by atoms with van der Waals surface area (Å²) >= 11 is 0. The monoisotopic (exact) mass is 960 g/mol. The van der Waals surface area contributed by atoms with E-state index in [1.165, 1.54) is 5.39 Å². The highest BCUT2D eigenvalue weighted by Gasteiger charge is 2.23. The summed E-state index contributed by atoms with van der Waals surface area (Å²) in [5.74, 6) is 1.76. The van der Waals surface area contributed by atoms with E-state index in [4.69, 9.17) is 15.0 Å². The molecule has 14 aromatic rings. The summed E-state index contributed by atoms with van der Waals surface area (Å²) in [5.41, 5.74) is 16.3. The molecule has 0 aliphatic carbocycles. The molecular weight excluding hydrogens is 917 g/mol. The van der Waals surface area contributed by atoms with E-state index in [1.54, 1.807) is 0 Å². The van der Waals surface area contributed by atoms with Crippen LogP contribution in [0.15, 0.2) is 267 Å². The van der Waals surface area contributed by atoms with Crippen LogP contribution in [-0.2, 0) is 0 Å². The Morgan fingerprint density at radius 1 is 0.280 bits per heavy atom. The molecule has 0 atom stereocenters. The number of pyridine rings is 2. The van der Waals surface area contributed by atoms with Crippen molar-refractivity contribution in [3.63, 3.8) is 0 Å². The molecule has 8 heteroatoms. The molecule has 0 aliphatic rings. The highest BCUT2D eigenvalue weighted by Crippen LogP contribution is 2.43. The fourth-order valence-corrected chi connectivity index (χ4v) is 10.6. The van der Waals surface area contributed by atoms with E-state index in [2.05, 4.69) is 206 Å². The van der Waals surface area contributed by atoms with E-state index < -0.39 is 0 Å². The van der Waals surface area contributed by atoms with Crippen LogP contribution in [0.1, 0.15) is 0 Å². The van der Waals surface area contributed by atoms with Crippen molar-refractivity contribution in [1.82, 2.24) is 34.1 Å². The van der Waals surface area contributed by atoms with Gasteiger partial charge in [-0.25, -0.2) is 4.98 Å². The molecule has 0 fully saturated rings. The minimum atomic E-state index is 0.547. The Balaban J connectivity index is 0.960. The Labute approximate surface area is 432 Å². The van der Waals surface area contributed by atoms with E-state index >= 15 is 0 Å². The van der Waals surface area contributed by atoms with Crippen LogP contribution in [0.2, 0.25) is 0 Å². The molecule has 0 bridgehead atoms. The first-order chi connectivity index (χ1) is 37.2. The Morgan fingerprint density at radius 2 is 0.773 bits per heavy atom. The first kappa shape index (κ1) is 43.5. The van der Waals surface area contributed by atoms with E-state index in [1.807, 2.05) is 85.2 Å². The Bertz CT molecular complexity index is 4240. The molecule has 5 heterocycles. The van der Waals surface area contributed by atoms with Gasteiger partial charge < -0.3 is 9.47 Å². The maximum atomic E-state index is 5.29. The SMILES string of the molecule is c1ccc(-c2nc(-c3ccccc3)nc(-n3c4ccc(-c5ccc(N(c6cccc(-c7ccccn7)c6)c6cccc(-c7ccccn7)c6)cc5)cc4c4cc5c(cc43)c3ccccc3n5-c3ccccc3)n2)cc1. The van der Waals surface area contributed by atoms with Crippen LogP contribution in [0.4, 0.5) is 17.1 Å². The largest absolute Gasteiger partial charge is 0.310 e. The highest BCUT2D eigenvalue weighted by molar-refractivity contribution is 6.19. The van der Waals surface area contributed by atoms with Crippen LogP contribution in [0.5, 0.6) is 0 Å². The molecule has 0 aliphatic heterocycles. The second kappa shape index (κ2) is 18.4. The number of hydrogen-bond donors (Lipinski definition) is 0. The zero-order chi connectivity index (χ0) is 49.7. The molecule has 14 rings (SSSR count). The Kier molecular flexibility index (Phi) is 10.7. The summed E-state index contributed by atoms with van der Waals surface area (Å²) in [6.07, 6.45) is 3.68. The van der Waals surface area contributed by atoms with Crippen molar-refractivity contribution < 1.29 is 0 Å². The summed E-state index contributed by atoms with van der Waals surface area (Å²) in [6, 6.07) is 89.2. The molecular formula is C67H44N8. The van der Waals surface area contributed by atoms with E-state index in [0.29, 0.717) is 17.6 Å². The van der Waals surface area contributed by atoms with Gasteiger partial charge in [0.15, 0.2) is 11.6 Å². The maximum Gasteiger partial charge on any atom is 0.238 e. The molecule has 0 spiro atoms. The van der Waals surface area contributed by atoms with E-state index in [0.717, 1.165) is 106 Å². The minimum absolute atomic E-state index is 0.547. The number of rotatable bonds is 10. The number of benzene rings is 9. The fourth-order valence-electron chi connectivity index (χ4n) is 10.6. The van der Waals surface area contributed by atoms with Crippen LogP contribution in [0.25, 0.3) is 112 Å². The number of para-hydroxylation sites is 2. The molecule has 0 saturated heterocycles. The lowest BCUT2D eigenvalue weighted by molar-refractivity contribution is 0.954. The second-order valence-corrected chi connectivity index (χ2v) is 18.6. The molecule has 8 nitrogen and oxygen atoms in total. The standard InChI is InChI=1S/C67H44N8/c1-4-18-46(19-5-1)65-70-66(47-20-6-2-7-21-47)72-67(71-65)75-62-37-34-48(42-56(62)58-44-63-57(43-64(58)75)55-28-10-11-31-61(55)74(63)51-24-8-3-9-25-51)45-32-35-52(36-33-45)73(53-26-16-22-49(40-53)59-29-12-14-38-68-59)54-27-17-23-50(41-54)60-30-13-15-39-69-60/h1-44H. The third-order valence-electron chi connectivity index (χ3n) is 14.0. The second-order valence-electron chi connectivity index (χ2n) is 18.6. The van der Waals surface area contributed by atoms with Crippen molar-refractivity contribution in [1.29, 1.82) is 0 Å². The van der Waals surface area contributed by atoms with Crippen LogP contribution >= 0.6 is 0 Å². The summed E-state index contributed by atoms with van der Waals surface area (Å²) in [5, 5.41) is 4.48. The summed E-state index contributed by atoms with van der Waals surface area (Å²) in [6.45, 7) is 0. The zero-order valence-corrected chi connectivity index (χ0v) is 40.5. The van der Waals surface area contributed by atoms with Gasteiger partial charge in [0.25, 0.3) is 0 Å². The van der Waals surface area contributed by atoms with Gasteiger partial charge in [-0.2, -0.15) is 9.97 Å². The lowest BCUT2D eigenvalue weighted by atomic mass is 10.0. The van der Waals surface area contributed by atoms with Crippen LogP contribution < -0.4 is 4.90 Å². The van der Waals surface area contributed by atoms with Gasteiger partial charge in [-0.1, -0.05) is 152 Å². The average molecular weight is 961 g/mol. The van der Waals surface area contributed by atoms with Crippen LogP contribution in [0.3, 0.4) is 0 Å². The van der Waals surface area contributed by atoms with Gasteiger partial charge >= 0.3 is 0 Å². The van der Waals surface area contributed by atoms with Gasteiger partial charge in [-0.15, -0.1) is 0 Å². The third kappa shape index (κ3) is 7.85. The number of anilines is 3. The van der Waals surface area contributed by atoms with Crippen molar-refractivity contribution >= 4 is 60.7 Å². The van der Waals surface area contributed by atoms with E-state index in [9.17, 15) is 0 Å². The highest BCUT2D eigenvalue weighted by atomic mass is 15.2. The summed E-state index contributed by atoms with van der Waals surface area (Å²) in [4.78, 5) is 27.3. The predicted molar refractivity (Wildman–Crippen MR) is 306 cm³/mol. The van der Waals surface area contributed by atoms with Gasteiger partial charge in [0.05, 0.1) is 33.5 Å². The lowest BCUT2D eigenvalue weighted by Crippen LogP contribution is -2.10. The lowest BCUT2D eigenvalue weighted by Gasteiger charge is -2.26.